The number of hydrogen-bond donors (Lipinski definition) is 0. The zero-order valence-electron chi connectivity index (χ0n) is 13.7. The SMILES string of the molecule is O=C(CC1c2c(Cl)cccc2-c2cncn21)C1CCC2(CC1)CC2. The summed E-state index contributed by atoms with van der Waals surface area (Å²) in [4.78, 5) is 17.2. The number of halogens is 1. The van der Waals surface area contributed by atoms with E-state index in [0.717, 1.165) is 34.7 Å². The number of aromatic nitrogens is 2. The van der Waals surface area contributed by atoms with E-state index in [2.05, 4.69) is 15.6 Å². The molecule has 2 aromatic rings. The molecule has 4 heteroatoms. The van der Waals surface area contributed by atoms with E-state index in [4.69, 9.17) is 11.6 Å². The predicted octanol–water partition coefficient (Wildman–Crippen LogP) is 5.04. The molecule has 5 rings (SSSR count). The summed E-state index contributed by atoms with van der Waals surface area (Å²) in [5, 5.41) is 0.759. The Labute approximate surface area is 147 Å². The Bertz CT molecular complexity index is 811. The van der Waals surface area contributed by atoms with Gasteiger partial charge in [0.25, 0.3) is 0 Å². The van der Waals surface area contributed by atoms with E-state index in [1.165, 1.54) is 25.7 Å². The average molecular weight is 341 g/mol. The van der Waals surface area contributed by atoms with E-state index in [1.54, 1.807) is 0 Å². The van der Waals surface area contributed by atoms with Crippen molar-refractivity contribution in [3.05, 3.63) is 41.3 Å². The molecule has 2 fully saturated rings. The fraction of sp³-hybridized carbons (Fsp3) is 0.500. The van der Waals surface area contributed by atoms with Gasteiger partial charge in [-0.3, -0.25) is 4.79 Å². The number of carbonyl (C=O) groups is 1. The van der Waals surface area contributed by atoms with Crippen molar-refractivity contribution in [2.24, 2.45) is 11.3 Å². The molecule has 3 nitrogen and oxygen atoms in total. The normalized spacial score (nSPS) is 24.0. The van der Waals surface area contributed by atoms with Gasteiger partial charge in [-0.15, -0.1) is 0 Å². The zero-order valence-corrected chi connectivity index (χ0v) is 14.4. The summed E-state index contributed by atoms with van der Waals surface area (Å²) < 4.78 is 2.12. The molecule has 124 valence electrons. The predicted molar refractivity (Wildman–Crippen MR) is 94.1 cm³/mol. The van der Waals surface area contributed by atoms with E-state index < -0.39 is 0 Å². The van der Waals surface area contributed by atoms with Crippen molar-refractivity contribution in [2.75, 3.05) is 0 Å². The molecule has 0 saturated heterocycles. The molecule has 1 aliphatic heterocycles. The summed E-state index contributed by atoms with van der Waals surface area (Å²) in [7, 11) is 0. The highest BCUT2D eigenvalue weighted by Gasteiger charge is 2.46. The Morgan fingerprint density at radius 2 is 2.04 bits per heavy atom. The molecule has 0 bridgehead atoms. The summed E-state index contributed by atoms with van der Waals surface area (Å²) in [5.41, 5.74) is 3.93. The lowest BCUT2D eigenvalue weighted by molar-refractivity contribution is -0.124. The minimum atomic E-state index is 0.00973. The van der Waals surface area contributed by atoms with Gasteiger partial charge in [0.05, 0.1) is 24.3 Å². The van der Waals surface area contributed by atoms with E-state index in [-0.39, 0.29) is 12.0 Å². The molecular formula is C20H21ClN2O. The molecule has 24 heavy (non-hydrogen) atoms. The summed E-state index contributed by atoms with van der Waals surface area (Å²) in [6, 6.07) is 5.99. The van der Waals surface area contributed by atoms with Crippen LogP contribution in [0.4, 0.5) is 0 Å². The van der Waals surface area contributed by atoms with Gasteiger partial charge in [0.1, 0.15) is 5.78 Å². The van der Waals surface area contributed by atoms with Crippen LogP contribution in [0.2, 0.25) is 5.02 Å². The van der Waals surface area contributed by atoms with Crippen molar-refractivity contribution < 1.29 is 4.79 Å². The maximum absolute atomic E-state index is 13.0. The van der Waals surface area contributed by atoms with Gasteiger partial charge in [0.2, 0.25) is 0 Å². The molecule has 1 spiro atoms. The second-order valence-electron chi connectivity index (χ2n) is 7.85. The van der Waals surface area contributed by atoms with Crippen LogP contribution in [0.3, 0.4) is 0 Å². The molecule has 1 atom stereocenters. The average Bonchev–Trinajstić information content (AvgIpc) is 3.06. The second kappa shape index (κ2) is 5.19. The maximum atomic E-state index is 13.0. The quantitative estimate of drug-likeness (QED) is 0.784. The number of carbonyl (C=O) groups excluding carboxylic acids is 1. The lowest BCUT2D eigenvalue weighted by Crippen LogP contribution is -2.24. The number of benzene rings is 1. The first kappa shape index (κ1) is 14.7. The molecule has 1 aromatic heterocycles. The third kappa shape index (κ3) is 2.17. The topological polar surface area (TPSA) is 34.9 Å². The molecule has 1 unspecified atom stereocenters. The first-order valence-corrected chi connectivity index (χ1v) is 9.38. The fourth-order valence-electron chi connectivity index (χ4n) is 4.79. The van der Waals surface area contributed by atoms with Crippen LogP contribution in [-0.4, -0.2) is 15.3 Å². The molecule has 2 saturated carbocycles. The minimum absolute atomic E-state index is 0.00973. The molecule has 0 amide bonds. The molecule has 2 heterocycles. The number of ketones is 1. The molecule has 0 N–H and O–H groups in total. The smallest absolute Gasteiger partial charge is 0.138 e. The van der Waals surface area contributed by atoms with E-state index in [0.29, 0.717) is 17.6 Å². The van der Waals surface area contributed by atoms with Crippen molar-refractivity contribution in [3.63, 3.8) is 0 Å². The molecule has 3 aliphatic rings. The van der Waals surface area contributed by atoms with Crippen molar-refractivity contribution in [1.82, 2.24) is 9.55 Å². The van der Waals surface area contributed by atoms with Gasteiger partial charge in [-0.05, 0) is 50.0 Å². The Morgan fingerprint density at radius 3 is 2.79 bits per heavy atom. The van der Waals surface area contributed by atoms with Crippen LogP contribution in [0.15, 0.2) is 30.7 Å². The number of rotatable bonds is 3. The third-order valence-corrected chi connectivity index (χ3v) is 6.85. The van der Waals surface area contributed by atoms with Gasteiger partial charge in [-0.2, -0.15) is 0 Å². The van der Waals surface area contributed by atoms with Crippen molar-refractivity contribution in [3.8, 4) is 11.3 Å². The van der Waals surface area contributed by atoms with Crippen LogP contribution >= 0.6 is 11.6 Å². The maximum Gasteiger partial charge on any atom is 0.138 e. The van der Waals surface area contributed by atoms with Gasteiger partial charge in [0.15, 0.2) is 0 Å². The van der Waals surface area contributed by atoms with Crippen LogP contribution in [0, 0.1) is 11.3 Å². The van der Waals surface area contributed by atoms with E-state index >= 15 is 0 Å². The van der Waals surface area contributed by atoms with Crippen molar-refractivity contribution >= 4 is 17.4 Å². The molecule has 1 aromatic carbocycles. The summed E-state index contributed by atoms with van der Waals surface area (Å²) in [6.07, 6.45) is 11.7. The highest BCUT2D eigenvalue weighted by Crippen LogP contribution is 2.57. The van der Waals surface area contributed by atoms with Crippen LogP contribution in [0.25, 0.3) is 11.3 Å². The Balaban J connectivity index is 1.40. The second-order valence-corrected chi connectivity index (χ2v) is 8.25. The minimum Gasteiger partial charge on any atom is -0.322 e. The number of hydrogen-bond acceptors (Lipinski definition) is 2. The van der Waals surface area contributed by atoms with Gasteiger partial charge in [0, 0.05) is 28.5 Å². The van der Waals surface area contributed by atoms with Gasteiger partial charge in [-0.25, -0.2) is 4.98 Å². The number of Topliss-reactive ketones (excluding diaryl/α,β-unsaturated/α-hetero) is 1. The highest BCUT2D eigenvalue weighted by atomic mass is 35.5. The lowest BCUT2D eigenvalue weighted by atomic mass is 9.77. The summed E-state index contributed by atoms with van der Waals surface area (Å²) in [5.74, 6) is 0.651. The van der Waals surface area contributed by atoms with E-state index in [9.17, 15) is 4.79 Å². The number of imidazole rings is 1. The lowest BCUT2D eigenvalue weighted by Gasteiger charge is -2.28. The Hall–Kier alpha value is -1.61. The van der Waals surface area contributed by atoms with Gasteiger partial charge < -0.3 is 4.57 Å². The van der Waals surface area contributed by atoms with Gasteiger partial charge >= 0.3 is 0 Å². The largest absolute Gasteiger partial charge is 0.322 e. The Morgan fingerprint density at radius 1 is 1.25 bits per heavy atom. The third-order valence-electron chi connectivity index (χ3n) is 6.52. The first-order chi connectivity index (χ1) is 11.7. The number of nitrogens with zero attached hydrogens (tertiary/aromatic N) is 2. The van der Waals surface area contributed by atoms with Crippen LogP contribution < -0.4 is 0 Å². The number of fused-ring (bicyclic) bond motifs is 3. The van der Waals surface area contributed by atoms with Crippen LogP contribution in [-0.2, 0) is 4.79 Å². The van der Waals surface area contributed by atoms with E-state index in [1.807, 2.05) is 24.7 Å². The monoisotopic (exact) mass is 340 g/mol. The van der Waals surface area contributed by atoms with Gasteiger partial charge in [-0.1, -0.05) is 23.7 Å². The first-order valence-electron chi connectivity index (χ1n) is 9.00. The summed E-state index contributed by atoms with van der Waals surface area (Å²) >= 11 is 6.48. The zero-order chi connectivity index (χ0) is 16.3. The van der Waals surface area contributed by atoms with Crippen molar-refractivity contribution in [1.29, 1.82) is 0 Å². The molecule has 2 aliphatic carbocycles. The fourth-order valence-corrected chi connectivity index (χ4v) is 5.09. The Kier molecular flexibility index (Phi) is 3.18. The highest BCUT2D eigenvalue weighted by molar-refractivity contribution is 6.32. The summed E-state index contributed by atoms with van der Waals surface area (Å²) in [6.45, 7) is 0. The van der Waals surface area contributed by atoms with Crippen molar-refractivity contribution in [2.45, 2.75) is 51.0 Å². The standard InChI is InChI=1S/C20H21ClN2O/c21-15-3-1-2-14-17-11-22-12-23(17)16(19(14)15)10-18(24)13-4-6-20(7-5-13)8-9-20/h1-3,11-13,16H,4-10H2. The molecular weight excluding hydrogens is 320 g/mol. The molecule has 0 radical (unpaired) electrons. The van der Waals surface area contributed by atoms with Crippen LogP contribution in [0.1, 0.15) is 56.6 Å². The van der Waals surface area contributed by atoms with Crippen LogP contribution in [0.5, 0.6) is 0 Å².